The maximum atomic E-state index is 13.4. The van der Waals surface area contributed by atoms with Crippen molar-refractivity contribution in [1.29, 1.82) is 0 Å². The molecule has 0 bridgehead atoms. The van der Waals surface area contributed by atoms with Crippen LogP contribution in [0.3, 0.4) is 0 Å². The molecule has 1 saturated heterocycles. The van der Waals surface area contributed by atoms with Crippen LogP contribution in [0.1, 0.15) is 54.2 Å². The van der Waals surface area contributed by atoms with Crippen molar-refractivity contribution in [3.8, 4) is 0 Å². The van der Waals surface area contributed by atoms with Crippen LogP contribution < -0.4 is 10.9 Å². The first-order chi connectivity index (χ1) is 15.3. The number of hydrogen-bond acceptors (Lipinski definition) is 4. The molecule has 0 saturated carbocycles. The van der Waals surface area contributed by atoms with E-state index in [0.717, 1.165) is 11.1 Å². The van der Waals surface area contributed by atoms with Gasteiger partial charge in [-0.2, -0.15) is 0 Å². The first-order valence-electron chi connectivity index (χ1n) is 10.3. The van der Waals surface area contributed by atoms with Crippen molar-refractivity contribution in [2.24, 2.45) is 0 Å². The van der Waals surface area contributed by atoms with Gasteiger partial charge in [0.05, 0.1) is 6.04 Å². The second-order valence-corrected chi connectivity index (χ2v) is 7.74. The van der Waals surface area contributed by atoms with Crippen LogP contribution in [-0.2, 0) is 15.1 Å². The van der Waals surface area contributed by atoms with Crippen LogP contribution in [0.15, 0.2) is 61.2 Å². The Morgan fingerprint density at radius 2 is 1.84 bits per heavy atom. The van der Waals surface area contributed by atoms with Gasteiger partial charge in [0.1, 0.15) is 11.4 Å². The van der Waals surface area contributed by atoms with Crippen LogP contribution in [0.2, 0.25) is 0 Å². The van der Waals surface area contributed by atoms with Gasteiger partial charge in [-0.3, -0.25) is 20.4 Å². The Labute approximate surface area is 186 Å². The largest absolute Gasteiger partial charge is 0.437 e. The fourth-order valence-corrected chi connectivity index (χ4v) is 3.78. The molecule has 2 aromatic rings. The second kappa shape index (κ2) is 9.64. The van der Waals surface area contributed by atoms with Crippen molar-refractivity contribution in [2.45, 2.75) is 38.3 Å². The van der Waals surface area contributed by atoms with Gasteiger partial charge in [0, 0.05) is 31.9 Å². The molecule has 0 aromatic heterocycles. The second-order valence-electron chi connectivity index (χ2n) is 7.74. The highest BCUT2D eigenvalue weighted by Gasteiger charge is 2.42. The summed E-state index contributed by atoms with van der Waals surface area (Å²) < 4.78 is 19.3. The predicted octanol–water partition coefficient (Wildman–Crippen LogP) is 3.98. The summed E-state index contributed by atoms with van der Waals surface area (Å²) in [5, 5.41) is 0. The number of carbonyl (C=O) groups is 3. The zero-order valence-corrected chi connectivity index (χ0v) is 18.1. The molecule has 0 radical (unpaired) electrons. The van der Waals surface area contributed by atoms with E-state index in [0.29, 0.717) is 24.9 Å². The summed E-state index contributed by atoms with van der Waals surface area (Å²) in [6.45, 7) is 7.40. The lowest BCUT2D eigenvalue weighted by Gasteiger charge is -2.43. The molecule has 2 atom stereocenters. The van der Waals surface area contributed by atoms with Gasteiger partial charge in [-0.15, -0.1) is 6.58 Å². The van der Waals surface area contributed by atoms with Crippen molar-refractivity contribution < 1.29 is 23.5 Å². The lowest BCUT2D eigenvalue weighted by Crippen LogP contribution is -2.48. The molecule has 1 aliphatic rings. The van der Waals surface area contributed by atoms with Gasteiger partial charge in [0.2, 0.25) is 5.91 Å². The van der Waals surface area contributed by atoms with Gasteiger partial charge >= 0.3 is 6.09 Å². The SMILES string of the molecule is C=CC[C@]1(c2ccc(F)cc2)CCN([C@@H](C)c2ccc(C(=O)NNC(C)=O)cc2)C(=O)O1. The van der Waals surface area contributed by atoms with E-state index in [1.54, 1.807) is 47.4 Å². The highest BCUT2D eigenvalue weighted by molar-refractivity contribution is 5.95. The molecule has 1 heterocycles. The van der Waals surface area contributed by atoms with E-state index in [1.807, 2.05) is 6.92 Å². The molecule has 0 spiro atoms. The number of nitrogens with zero attached hydrogens (tertiary/aromatic N) is 1. The summed E-state index contributed by atoms with van der Waals surface area (Å²) in [6, 6.07) is 12.5. The van der Waals surface area contributed by atoms with E-state index in [-0.39, 0.29) is 17.8 Å². The van der Waals surface area contributed by atoms with Crippen LogP contribution >= 0.6 is 0 Å². The Morgan fingerprint density at radius 3 is 2.41 bits per heavy atom. The molecule has 0 unspecified atom stereocenters. The van der Waals surface area contributed by atoms with Gasteiger partial charge in [0.15, 0.2) is 0 Å². The minimum absolute atomic E-state index is 0.287. The van der Waals surface area contributed by atoms with Crippen LogP contribution in [0.5, 0.6) is 0 Å². The average Bonchev–Trinajstić information content (AvgIpc) is 2.78. The van der Waals surface area contributed by atoms with E-state index in [2.05, 4.69) is 17.4 Å². The van der Waals surface area contributed by atoms with E-state index < -0.39 is 17.6 Å². The van der Waals surface area contributed by atoms with Crippen LogP contribution in [0.4, 0.5) is 9.18 Å². The lowest BCUT2D eigenvalue weighted by molar-refractivity contribution is -0.119. The number of cyclic esters (lactones) is 1. The summed E-state index contributed by atoms with van der Waals surface area (Å²) in [7, 11) is 0. The molecule has 32 heavy (non-hydrogen) atoms. The minimum atomic E-state index is -0.881. The summed E-state index contributed by atoms with van der Waals surface area (Å²) >= 11 is 0. The van der Waals surface area contributed by atoms with Gasteiger partial charge in [-0.25, -0.2) is 9.18 Å². The number of rotatable bonds is 6. The maximum Gasteiger partial charge on any atom is 0.411 e. The smallest absolute Gasteiger partial charge is 0.411 e. The molecule has 1 aliphatic heterocycles. The topological polar surface area (TPSA) is 87.7 Å². The van der Waals surface area contributed by atoms with Crippen LogP contribution in [0.25, 0.3) is 0 Å². The van der Waals surface area contributed by atoms with Crippen LogP contribution in [-0.4, -0.2) is 29.4 Å². The molecule has 3 rings (SSSR count). The Bertz CT molecular complexity index is 1010. The Kier molecular flexibility index (Phi) is 6.92. The first-order valence-corrected chi connectivity index (χ1v) is 10.3. The first kappa shape index (κ1) is 23.0. The van der Waals surface area contributed by atoms with Crippen molar-refractivity contribution >= 4 is 17.9 Å². The maximum absolute atomic E-state index is 13.4. The summed E-state index contributed by atoms with van der Waals surface area (Å²) in [5.74, 6) is -1.17. The normalized spacial score (nSPS) is 19.0. The molecular formula is C24H26FN3O4. The number of benzene rings is 2. The molecule has 2 aromatic carbocycles. The standard InChI is InChI=1S/C24H26FN3O4/c1-4-13-24(20-9-11-21(25)12-10-20)14-15-28(23(31)32-24)16(2)18-5-7-19(8-6-18)22(30)27-26-17(3)29/h4-12,16H,1,13-15H2,2-3H3,(H,26,29)(H,27,30)/t16-,24+/m0/s1. The zero-order valence-electron chi connectivity index (χ0n) is 18.1. The third kappa shape index (κ3) is 4.96. The van der Waals surface area contributed by atoms with Gasteiger partial charge < -0.3 is 9.64 Å². The van der Waals surface area contributed by atoms with Crippen molar-refractivity contribution in [1.82, 2.24) is 15.8 Å². The molecule has 1 fully saturated rings. The molecule has 2 N–H and O–H groups in total. The van der Waals surface area contributed by atoms with Gasteiger partial charge in [-0.1, -0.05) is 30.3 Å². The summed E-state index contributed by atoms with van der Waals surface area (Å²) in [4.78, 5) is 37.5. The number of nitrogens with one attached hydrogen (secondary N) is 2. The average molecular weight is 439 g/mol. The van der Waals surface area contributed by atoms with E-state index in [4.69, 9.17) is 4.74 Å². The van der Waals surface area contributed by atoms with Crippen molar-refractivity contribution in [3.05, 3.63) is 83.7 Å². The quantitative estimate of drug-likeness (QED) is 0.526. The number of carbonyl (C=O) groups excluding carboxylic acids is 3. The molecule has 8 heteroatoms. The fraction of sp³-hybridized carbons (Fsp3) is 0.292. The number of halogens is 1. The van der Waals surface area contributed by atoms with E-state index >= 15 is 0 Å². The fourth-order valence-electron chi connectivity index (χ4n) is 3.78. The van der Waals surface area contributed by atoms with Crippen molar-refractivity contribution in [2.75, 3.05) is 6.54 Å². The number of hydrazine groups is 1. The molecule has 0 aliphatic carbocycles. The Morgan fingerprint density at radius 1 is 1.19 bits per heavy atom. The molecule has 168 valence electrons. The van der Waals surface area contributed by atoms with E-state index in [1.165, 1.54) is 19.1 Å². The Hall–Kier alpha value is -3.68. The predicted molar refractivity (Wildman–Crippen MR) is 117 cm³/mol. The highest BCUT2D eigenvalue weighted by Crippen LogP contribution is 2.39. The number of amides is 3. The molecular weight excluding hydrogens is 413 g/mol. The zero-order chi connectivity index (χ0) is 23.3. The highest BCUT2D eigenvalue weighted by atomic mass is 19.1. The van der Waals surface area contributed by atoms with E-state index in [9.17, 15) is 18.8 Å². The van der Waals surface area contributed by atoms with Gasteiger partial charge in [-0.05, 0) is 42.3 Å². The summed E-state index contributed by atoms with van der Waals surface area (Å²) in [5.41, 5.74) is 5.59. The molecule has 7 nitrogen and oxygen atoms in total. The van der Waals surface area contributed by atoms with Gasteiger partial charge in [0.25, 0.3) is 5.91 Å². The lowest BCUT2D eigenvalue weighted by atomic mass is 9.85. The Balaban J connectivity index is 1.72. The summed E-state index contributed by atoms with van der Waals surface area (Å²) in [6.07, 6.45) is 2.17. The van der Waals surface area contributed by atoms with Crippen LogP contribution in [0, 0.1) is 5.82 Å². The number of hydrogen-bond donors (Lipinski definition) is 2. The number of ether oxygens (including phenoxy) is 1. The third-order valence-electron chi connectivity index (χ3n) is 5.59. The molecule has 3 amide bonds. The van der Waals surface area contributed by atoms with Crippen molar-refractivity contribution in [3.63, 3.8) is 0 Å². The third-order valence-corrected chi connectivity index (χ3v) is 5.59. The minimum Gasteiger partial charge on any atom is -0.437 e. The monoisotopic (exact) mass is 439 g/mol.